The van der Waals surface area contributed by atoms with E-state index < -0.39 is 5.54 Å². The Morgan fingerprint density at radius 1 is 1.03 bits per heavy atom. The first-order valence-corrected chi connectivity index (χ1v) is 12.9. The summed E-state index contributed by atoms with van der Waals surface area (Å²) in [5, 5.41) is 15.4. The second-order valence-electron chi connectivity index (χ2n) is 9.31. The van der Waals surface area contributed by atoms with Gasteiger partial charge in [-0.1, -0.05) is 47.7 Å². The second kappa shape index (κ2) is 11.7. The average molecular weight is 543 g/mol. The Labute approximate surface area is 226 Å². The van der Waals surface area contributed by atoms with Gasteiger partial charge in [-0.15, -0.1) is 22.6 Å². The van der Waals surface area contributed by atoms with Crippen molar-refractivity contribution >= 4 is 46.4 Å². The molecular weight excluding hydrogens is 512 g/mol. The normalized spacial score (nSPS) is 17.0. The standard InChI is InChI=1S/C26H30N6O3S.ClH/c1-31-12-14-32(15-13-31)26(10-11-26)24(34)27-21-16-19(8-9-20(21)17-35-2)22(33)28-25-30-29-23(36-25)18-6-4-3-5-7-18;/h3-9,16H,10-15,17H2,1-2H3,(H,27,34)(H,28,30,33);1H. The molecule has 2 N–H and O–H groups in total. The van der Waals surface area contributed by atoms with Crippen LogP contribution in [0.5, 0.6) is 0 Å². The highest BCUT2D eigenvalue weighted by Crippen LogP contribution is 2.43. The predicted molar refractivity (Wildman–Crippen MR) is 147 cm³/mol. The molecule has 5 rings (SSSR count). The summed E-state index contributed by atoms with van der Waals surface area (Å²) in [6.45, 7) is 4.00. The molecule has 37 heavy (non-hydrogen) atoms. The number of likely N-dealkylation sites (N-methyl/N-ethyl adjacent to an activating group) is 1. The molecular formula is C26H31ClN6O3S. The topological polar surface area (TPSA) is 99.7 Å². The molecule has 0 atom stereocenters. The van der Waals surface area contributed by atoms with Gasteiger partial charge in [0.05, 0.1) is 6.61 Å². The van der Waals surface area contributed by atoms with Gasteiger partial charge in [0.2, 0.25) is 11.0 Å². The number of hydrogen-bond donors (Lipinski definition) is 2. The molecule has 2 fully saturated rings. The lowest BCUT2D eigenvalue weighted by molar-refractivity contribution is -0.123. The van der Waals surface area contributed by atoms with Crippen molar-refractivity contribution in [1.29, 1.82) is 0 Å². The number of amides is 2. The van der Waals surface area contributed by atoms with Crippen LogP contribution >= 0.6 is 23.7 Å². The van der Waals surface area contributed by atoms with Gasteiger partial charge in [-0.2, -0.15) is 0 Å². The van der Waals surface area contributed by atoms with E-state index in [1.54, 1.807) is 19.2 Å². The molecule has 2 amide bonds. The maximum Gasteiger partial charge on any atom is 0.257 e. The smallest absolute Gasteiger partial charge is 0.257 e. The van der Waals surface area contributed by atoms with Crippen LogP contribution < -0.4 is 10.6 Å². The van der Waals surface area contributed by atoms with E-state index in [-0.39, 0.29) is 24.2 Å². The predicted octanol–water partition coefficient (Wildman–Crippen LogP) is 3.74. The molecule has 1 aliphatic carbocycles. The molecule has 0 unspecified atom stereocenters. The lowest BCUT2D eigenvalue weighted by Gasteiger charge is -2.37. The Balaban J connectivity index is 0.00000320. The van der Waals surface area contributed by atoms with Crippen LogP contribution in [0.25, 0.3) is 10.6 Å². The van der Waals surface area contributed by atoms with E-state index in [1.165, 1.54) is 11.3 Å². The lowest BCUT2D eigenvalue weighted by atomic mass is 10.1. The Morgan fingerprint density at radius 2 is 1.76 bits per heavy atom. The van der Waals surface area contributed by atoms with Crippen LogP contribution in [0.1, 0.15) is 28.8 Å². The molecule has 0 radical (unpaired) electrons. The molecule has 1 saturated heterocycles. The van der Waals surface area contributed by atoms with Crippen LogP contribution in [0.3, 0.4) is 0 Å². The largest absolute Gasteiger partial charge is 0.380 e. The molecule has 2 heterocycles. The lowest BCUT2D eigenvalue weighted by Crippen LogP contribution is -2.54. The molecule has 1 saturated carbocycles. The maximum atomic E-state index is 13.4. The third-order valence-corrected chi connectivity index (χ3v) is 7.73. The fourth-order valence-electron chi connectivity index (χ4n) is 4.53. The van der Waals surface area contributed by atoms with E-state index in [0.29, 0.717) is 23.0 Å². The molecule has 11 heteroatoms. The highest BCUT2D eigenvalue weighted by Gasteiger charge is 2.54. The number of aromatic nitrogens is 2. The first kappa shape index (κ1) is 27.2. The van der Waals surface area contributed by atoms with Gasteiger partial charge in [-0.05, 0) is 32.0 Å². The van der Waals surface area contributed by atoms with Gasteiger partial charge in [0.1, 0.15) is 10.5 Å². The summed E-state index contributed by atoms with van der Waals surface area (Å²) in [5.74, 6) is -0.330. The van der Waals surface area contributed by atoms with E-state index in [9.17, 15) is 9.59 Å². The number of rotatable bonds is 8. The van der Waals surface area contributed by atoms with Gasteiger partial charge in [-0.3, -0.25) is 19.8 Å². The number of benzene rings is 2. The monoisotopic (exact) mass is 542 g/mol. The third-order valence-electron chi connectivity index (χ3n) is 6.84. The zero-order chi connectivity index (χ0) is 25.1. The van der Waals surface area contributed by atoms with Crippen molar-refractivity contribution < 1.29 is 14.3 Å². The number of nitrogens with one attached hydrogen (secondary N) is 2. The molecule has 2 aromatic carbocycles. The molecule has 196 valence electrons. The minimum Gasteiger partial charge on any atom is -0.380 e. The van der Waals surface area contributed by atoms with Crippen molar-refractivity contribution in [3.63, 3.8) is 0 Å². The van der Waals surface area contributed by atoms with Crippen LogP contribution in [0, 0.1) is 0 Å². The van der Waals surface area contributed by atoms with Crippen molar-refractivity contribution in [3.8, 4) is 10.6 Å². The highest BCUT2D eigenvalue weighted by atomic mass is 35.5. The molecule has 3 aromatic rings. The summed E-state index contributed by atoms with van der Waals surface area (Å²) >= 11 is 1.31. The number of piperazine rings is 1. The number of ether oxygens (including phenoxy) is 1. The van der Waals surface area contributed by atoms with Crippen LogP contribution in [-0.4, -0.2) is 77.7 Å². The molecule has 1 aromatic heterocycles. The van der Waals surface area contributed by atoms with Crippen molar-refractivity contribution in [2.75, 3.05) is 51.0 Å². The summed E-state index contributed by atoms with van der Waals surface area (Å²) in [7, 11) is 3.72. The van der Waals surface area contributed by atoms with Gasteiger partial charge < -0.3 is 15.0 Å². The van der Waals surface area contributed by atoms with Gasteiger partial charge in [0.25, 0.3) is 5.91 Å². The zero-order valence-corrected chi connectivity index (χ0v) is 22.5. The number of carbonyl (C=O) groups excluding carboxylic acids is 2. The summed E-state index contributed by atoms with van der Waals surface area (Å²) < 4.78 is 5.34. The van der Waals surface area contributed by atoms with E-state index in [0.717, 1.165) is 55.2 Å². The quantitative estimate of drug-likeness (QED) is 0.447. The number of nitrogens with zero attached hydrogens (tertiary/aromatic N) is 4. The van der Waals surface area contributed by atoms with Gasteiger partial charge >= 0.3 is 0 Å². The minimum absolute atomic E-state index is 0. The Kier molecular flexibility index (Phi) is 8.56. The molecule has 2 aliphatic rings. The molecule has 1 aliphatic heterocycles. The summed E-state index contributed by atoms with van der Waals surface area (Å²) in [5.41, 5.74) is 2.32. The van der Waals surface area contributed by atoms with Crippen molar-refractivity contribution in [2.45, 2.75) is 25.0 Å². The Hall–Kier alpha value is -2.89. The minimum atomic E-state index is -0.454. The maximum absolute atomic E-state index is 13.4. The summed E-state index contributed by atoms with van der Waals surface area (Å²) in [4.78, 5) is 31.0. The number of methoxy groups -OCH3 is 1. The fourth-order valence-corrected chi connectivity index (χ4v) is 5.28. The van der Waals surface area contributed by atoms with E-state index in [1.807, 2.05) is 36.4 Å². The van der Waals surface area contributed by atoms with Crippen LogP contribution in [-0.2, 0) is 16.1 Å². The van der Waals surface area contributed by atoms with Crippen LogP contribution in [0.2, 0.25) is 0 Å². The Bertz CT molecular complexity index is 1240. The zero-order valence-electron chi connectivity index (χ0n) is 20.9. The summed E-state index contributed by atoms with van der Waals surface area (Å²) in [6, 6.07) is 15.0. The van der Waals surface area contributed by atoms with Gasteiger partial charge in [0.15, 0.2) is 0 Å². The van der Waals surface area contributed by atoms with E-state index in [2.05, 4.69) is 37.7 Å². The second-order valence-corrected chi connectivity index (χ2v) is 10.3. The molecule has 0 spiro atoms. The van der Waals surface area contributed by atoms with Crippen molar-refractivity contribution in [1.82, 2.24) is 20.0 Å². The average Bonchev–Trinajstić information content (AvgIpc) is 3.58. The van der Waals surface area contributed by atoms with Gasteiger partial charge in [0, 0.05) is 55.7 Å². The number of hydrogen-bond acceptors (Lipinski definition) is 8. The SMILES string of the molecule is COCc1ccc(C(=O)Nc2nnc(-c3ccccc3)s2)cc1NC(=O)C1(N2CCN(C)CC2)CC1.Cl. The third kappa shape index (κ3) is 6.00. The van der Waals surface area contributed by atoms with Crippen LogP contribution in [0.4, 0.5) is 10.8 Å². The van der Waals surface area contributed by atoms with Gasteiger partial charge in [-0.25, -0.2) is 0 Å². The first-order valence-electron chi connectivity index (χ1n) is 12.1. The van der Waals surface area contributed by atoms with Crippen molar-refractivity contribution in [3.05, 3.63) is 59.7 Å². The number of carbonyl (C=O) groups is 2. The van der Waals surface area contributed by atoms with E-state index in [4.69, 9.17) is 4.74 Å². The first-order chi connectivity index (χ1) is 17.5. The van der Waals surface area contributed by atoms with E-state index >= 15 is 0 Å². The number of halogens is 1. The fraction of sp³-hybridized carbons (Fsp3) is 0.385. The molecule has 0 bridgehead atoms. The van der Waals surface area contributed by atoms with Crippen LogP contribution in [0.15, 0.2) is 48.5 Å². The number of anilines is 2. The summed E-state index contributed by atoms with van der Waals surface area (Å²) in [6.07, 6.45) is 1.70. The highest BCUT2D eigenvalue weighted by molar-refractivity contribution is 7.18. The Morgan fingerprint density at radius 3 is 2.43 bits per heavy atom. The molecule has 9 nitrogen and oxygen atoms in total. The van der Waals surface area contributed by atoms with Crippen molar-refractivity contribution in [2.24, 2.45) is 0 Å².